The average molecular weight is 1580 g/mol. The van der Waals surface area contributed by atoms with Crippen molar-refractivity contribution in [2.45, 2.75) is 63.6 Å². The van der Waals surface area contributed by atoms with Crippen LogP contribution in [0, 0.1) is 5.92 Å². The molecular formula is C73H95Cl2N10O21PS. The summed E-state index contributed by atoms with van der Waals surface area (Å²) in [6, 6.07) is 23.9. The van der Waals surface area contributed by atoms with Crippen LogP contribution in [0.2, 0.25) is 0 Å². The van der Waals surface area contributed by atoms with Crippen LogP contribution in [0.3, 0.4) is 0 Å². The maximum Gasteiger partial charge on any atom is 0.524 e. The van der Waals surface area contributed by atoms with Gasteiger partial charge in [0.1, 0.15) is 30.2 Å². The Kier molecular flexibility index (Phi) is 34.1. The number of hydrogen-bond donors (Lipinski definition) is 8. The minimum atomic E-state index is -5.02. The predicted octanol–water partition coefficient (Wildman–Crippen LogP) is 7.67. The van der Waals surface area contributed by atoms with Gasteiger partial charge in [-0.2, -0.15) is 0 Å². The van der Waals surface area contributed by atoms with Gasteiger partial charge in [-0.05, 0) is 70.5 Å². The lowest BCUT2D eigenvalue weighted by molar-refractivity contribution is -0.132. The van der Waals surface area contributed by atoms with Crippen LogP contribution in [0.4, 0.5) is 31.4 Å². The molecule has 4 atom stereocenters. The Bertz CT molecular complexity index is 4060. The fourth-order valence-electron chi connectivity index (χ4n) is 12.0. The average Bonchev–Trinajstić information content (AvgIpc) is 1.57. The summed E-state index contributed by atoms with van der Waals surface area (Å²) in [5.74, 6) is -3.32. The zero-order valence-corrected chi connectivity index (χ0v) is 63.9. The third-order valence-corrected chi connectivity index (χ3v) is 19.7. The van der Waals surface area contributed by atoms with Crippen molar-refractivity contribution in [2.75, 3.05) is 173 Å². The number of benzene rings is 5. The number of ether oxygens (including phenoxy) is 9. The molecule has 6 aromatic rings. The molecule has 0 fully saturated rings. The molecule has 35 heteroatoms. The quantitative estimate of drug-likeness (QED) is 0.0103. The third kappa shape index (κ3) is 24.9. The highest BCUT2D eigenvalue weighted by Crippen LogP contribution is 2.50. The molecular weight excluding hydrogens is 1490 g/mol. The highest BCUT2D eigenvalue weighted by molar-refractivity contribution is 7.46. The number of nitrogens with one attached hydrogen (secondary N) is 4. The first-order valence-electron chi connectivity index (χ1n) is 35.3. The van der Waals surface area contributed by atoms with Gasteiger partial charge in [0.25, 0.3) is 11.8 Å². The molecule has 5 aromatic carbocycles. The molecule has 4 unspecified atom stereocenters. The summed E-state index contributed by atoms with van der Waals surface area (Å²) in [7, 11) is -2.04. The van der Waals surface area contributed by atoms with Gasteiger partial charge in [-0.3, -0.25) is 33.8 Å². The van der Waals surface area contributed by atoms with Gasteiger partial charge in [-0.15, -0.1) is 34.5 Å². The number of rotatable bonds is 45. The van der Waals surface area contributed by atoms with Gasteiger partial charge in [0, 0.05) is 119 Å². The molecule has 0 saturated heterocycles. The number of urea groups is 1. The predicted molar refractivity (Wildman–Crippen MR) is 407 cm³/mol. The molecule has 2 aliphatic heterocycles. The van der Waals surface area contributed by atoms with Gasteiger partial charge in [-0.25, -0.2) is 18.9 Å². The van der Waals surface area contributed by atoms with E-state index in [9.17, 15) is 52.7 Å². The standard InChI is InChI=1S/C73H95Cl2N10O21PS/c1-47(2)66(81-63(86)21-27-98-30-32-100-34-36-102-38-39-103-37-35-101-33-31-99-28-22-76)68(88)80-56(14-9-23-78-71(77)91)67(87)79-51-17-15-48(16-18-51)46-104-72(92)82(3)24-25-83(26-29-97-4)73(93)105-59-40-57-64(54-12-7-5-10-52(54)59)49(42-74)44-84(57)69(89)61-19-20-62(108-61)70(90)85-45-50(43-75)65-55-13-8-6-11-53(55)60(41-58(65)85)106-107(94,95)96/h5-8,10-13,15-20,40-41,47,49-50,56,66H,9,14,21-39,42-46,76H2,1-4H3,(H,79,87)(H,80,88)(H,81,86)(H3,77,78,91)(H2,94,95,96). The van der Waals surface area contributed by atoms with E-state index in [4.69, 9.17) is 81.8 Å². The summed E-state index contributed by atoms with van der Waals surface area (Å²) in [6.07, 6.45) is -1.20. The number of thiophene rings is 1. The number of phosphoric acid groups is 1. The van der Waals surface area contributed by atoms with Crippen LogP contribution in [0.5, 0.6) is 11.5 Å². The summed E-state index contributed by atoms with van der Waals surface area (Å²) in [4.78, 5) is 135. The van der Waals surface area contributed by atoms with Crippen LogP contribution in [0.1, 0.15) is 81.0 Å². The number of amides is 9. The Hall–Kier alpha value is -8.31. The lowest BCUT2D eigenvalue weighted by Gasteiger charge is -2.25. The Balaban J connectivity index is 0.813. The number of fused-ring (bicyclic) bond motifs is 6. The number of carbonyl (C=O) groups is 8. The molecule has 1 aromatic heterocycles. The van der Waals surface area contributed by atoms with E-state index in [-0.39, 0.29) is 142 Å². The van der Waals surface area contributed by atoms with Crippen molar-refractivity contribution >= 4 is 129 Å². The van der Waals surface area contributed by atoms with E-state index in [0.717, 1.165) is 16.9 Å². The first-order chi connectivity index (χ1) is 52.0. The van der Waals surface area contributed by atoms with Crippen LogP contribution in [-0.2, 0) is 63.5 Å². The smallest absolute Gasteiger partial charge is 0.445 e. The van der Waals surface area contributed by atoms with Crippen molar-refractivity contribution in [2.24, 2.45) is 17.4 Å². The van der Waals surface area contributed by atoms with Crippen LogP contribution in [0.25, 0.3) is 21.5 Å². The topological polar surface area (TPSA) is 400 Å². The molecule has 0 spiro atoms. The second-order valence-electron chi connectivity index (χ2n) is 25.5. The highest BCUT2D eigenvalue weighted by atomic mass is 35.5. The molecule has 0 aliphatic carbocycles. The Morgan fingerprint density at radius 1 is 0.639 bits per heavy atom. The Labute approximate surface area is 639 Å². The lowest BCUT2D eigenvalue weighted by atomic mass is 9.95. The van der Waals surface area contributed by atoms with E-state index in [1.54, 1.807) is 97.6 Å². The van der Waals surface area contributed by atoms with Crippen molar-refractivity contribution in [3.05, 3.63) is 124 Å². The summed E-state index contributed by atoms with van der Waals surface area (Å²) in [5, 5.41) is 13.1. The summed E-state index contributed by atoms with van der Waals surface area (Å²) >= 11 is 14.1. The monoisotopic (exact) mass is 1580 g/mol. The van der Waals surface area contributed by atoms with Gasteiger partial charge in [0.05, 0.1) is 107 Å². The fraction of sp³-hybridized carbons (Fsp3) is 0.479. The second kappa shape index (κ2) is 43.2. The van der Waals surface area contributed by atoms with Crippen molar-refractivity contribution in [1.29, 1.82) is 0 Å². The van der Waals surface area contributed by atoms with Crippen LogP contribution < -0.4 is 51.8 Å². The minimum absolute atomic E-state index is 0.00589. The fourth-order valence-corrected chi connectivity index (χ4v) is 13.9. The number of primary amides is 1. The Morgan fingerprint density at radius 2 is 1.15 bits per heavy atom. The van der Waals surface area contributed by atoms with Gasteiger partial charge in [0.15, 0.2) is 0 Å². The van der Waals surface area contributed by atoms with Gasteiger partial charge >= 0.3 is 26.0 Å². The van der Waals surface area contributed by atoms with Gasteiger partial charge in [-0.1, -0.05) is 74.5 Å². The molecule has 2 aliphatic rings. The largest absolute Gasteiger partial charge is 0.524 e. The molecule has 0 saturated carbocycles. The SMILES string of the molecule is COCCN(CCN(C)C(=O)OCc1ccc(NC(=O)C(CCCNC(N)=O)NC(=O)C(NC(=O)CCOCCOCCOCCOCCOCCOCCN)C(C)C)cc1)C(=O)Oc1cc2c(c3ccccc13)C(CCl)CN2C(=O)c1ccc(C(=O)N2CC(CCl)c3c2cc(OP(=O)(O)O)c2ccccc32)s1. The number of nitrogens with zero attached hydrogens (tertiary/aromatic N) is 4. The summed E-state index contributed by atoms with van der Waals surface area (Å²) in [5.41, 5.74) is 13.8. The number of alkyl halides is 2. The van der Waals surface area contributed by atoms with Gasteiger partial charge in [0.2, 0.25) is 17.7 Å². The summed E-state index contributed by atoms with van der Waals surface area (Å²) < 4.78 is 67.1. The van der Waals surface area contributed by atoms with E-state index in [2.05, 4.69) is 21.3 Å². The normalized spacial score (nSPS) is 14.5. The van der Waals surface area contributed by atoms with E-state index < -0.39 is 67.7 Å². The number of likely N-dealkylation sites (N-methyl/N-ethyl adjacent to an activating group) is 1. The lowest BCUT2D eigenvalue weighted by Crippen LogP contribution is -2.54. The molecule has 108 heavy (non-hydrogen) atoms. The maximum atomic E-state index is 14.8. The number of phosphoric ester groups is 1. The zero-order valence-electron chi connectivity index (χ0n) is 60.7. The number of methoxy groups -OCH3 is 1. The molecule has 3 heterocycles. The maximum absolute atomic E-state index is 14.8. The van der Waals surface area contributed by atoms with Gasteiger partial charge < -0.3 is 99.5 Å². The highest BCUT2D eigenvalue weighted by Gasteiger charge is 2.40. The molecule has 0 bridgehead atoms. The van der Waals surface area contributed by atoms with E-state index in [0.29, 0.717) is 116 Å². The molecule has 8 rings (SSSR count). The second-order valence-corrected chi connectivity index (χ2v) is 28.4. The number of hydrogen-bond acceptors (Lipinski definition) is 21. The molecule has 31 nitrogen and oxygen atoms in total. The molecule has 0 radical (unpaired) electrons. The van der Waals surface area contributed by atoms with Crippen molar-refractivity contribution in [1.82, 2.24) is 25.8 Å². The van der Waals surface area contributed by atoms with Crippen LogP contribution in [-0.4, -0.2) is 237 Å². The van der Waals surface area contributed by atoms with E-state index in [1.807, 2.05) is 12.1 Å². The van der Waals surface area contributed by atoms with Crippen molar-refractivity contribution in [3.8, 4) is 11.5 Å². The van der Waals surface area contributed by atoms with E-state index in [1.165, 1.54) is 34.9 Å². The number of anilines is 3. The third-order valence-electron chi connectivity index (χ3n) is 17.4. The summed E-state index contributed by atoms with van der Waals surface area (Å²) in [6.45, 7) is 8.77. The number of halogens is 2. The minimum Gasteiger partial charge on any atom is -0.445 e. The zero-order chi connectivity index (χ0) is 77.7. The first-order valence-corrected chi connectivity index (χ1v) is 38.7. The number of carbonyl (C=O) groups excluding carboxylic acids is 8. The molecule has 9 amide bonds. The van der Waals surface area contributed by atoms with E-state index >= 15 is 0 Å². The van der Waals surface area contributed by atoms with Crippen molar-refractivity contribution < 1.29 is 99.9 Å². The first kappa shape index (κ1) is 85.3. The number of nitrogens with two attached hydrogens (primary N) is 2. The van der Waals surface area contributed by atoms with Crippen LogP contribution >= 0.6 is 42.4 Å². The molecule has 588 valence electrons. The Morgan fingerprint density at radius 3 is 1.65 bits per heavy atom. The van der Waals surface area contributed by atoms with Crippen LogP contribution in [0.15, 0.2) is 97.1 Å². The molecule has 10 N–H and O–H groups in total. The van der Waals surface area contributed by atoms with Crippen molar-refractivity contribution in [3.63, 3.8) is 0 Å².